The third kappa shape index (κ3) is 3.50. The molecule has 5 heteroatoms. The van der Waals surface area contributed by atoms with Crippen molar-refractivity contribution in [2.75, 3.05) is 0 Å². The minimum Gasteiger partial charge on any atom is -0.480 e. The van der Waals surface area contributed by atoms with Gasteiger partial charge in [0.15, 0.2) is 0 Å². The number of hydrogen-bond acceptors (Lipinski definition) is 3. The summed E-state index contributed by atoms with van der Waals surface area (Å²) in [4.78, 5) is 10.3. The molecule has 0 spiro atoms. The van der Waals surface area contributed by atoms with Gasteiger partial charge in [0.25, 0.3) is 0 Å². The van der Waals surface area contributed by atoms with E-state index in [0.717, 1.165) is 19.3 Å². The van der Waals surface area contributed by atoms with Gasteiger partial charge in [0.05, 0.1) is 6.10 Å². The molecule has 13 heavy (non-hydrogen) atoms. The molecule has 0 bridgehead atoms. The molecule has 0 heterocycles. The molecule has 4 nitrogen and oxygen atoms in total. The van der Waals surface area contributed by atoms with Crippen LogP contribution in [0.25, 0.3) is 0 Å². The Morgan fingerprint density at radius 2 is 2.08 bits per heavy atom. The predicted molar refractivity (Wildman–Crippen MR) is 50.8 cm³/mol. The van der Waals surface area contributed by atoms with Crippen LogP contribution in [0, 0.1) is 5.92 Å². The number of aliphatic hydroxyl groups excluding tert-OH is 1. The summed E-state index contributed by atoms with van der Waals surface area (Å²) in [6.45, 7) is 0. The van der Waals surface area contributed by atoms with Gasteiger partial charge in [-0.2, -0.15) is 0 Å². The lowest BCUT2D eigenvalue weighted by Crippen LogP contribution is -2.38. The molecular formula is C8H16ClNO3. The zero-order valence-corrected chi connectivity index (χ0v) is 8.17. The van der Waals surface area contributed by atoms with Gasteiger partial charge in [-0.1, -0.05) is 6.42 Å². The molecule has 0 amide bonds. The number of aliphatic hydroxyl groups is 1. The lowest BCUT2D eigenvalue weighted by atomic mass is 9.79. The largest absolute Gasteiger partial charge is 0.480 e. The molecular weight excluding hydrogens is 194 g/mol. The Hall–Kier alpha value is -0.320. The number of aliphatic carboxylic acids is 1. The van der Waals surface area contributed by atoms with E-state index in [9.17, 15) is 9.90 Å². The Bertz CT molecular complexity index is 173. The summed E-state index contributed by atoms with van der Waals surface area (Å²) in [7, 11) is 0. The fourth-order valence-electron chi connectivity index (χ4n) is 1.38. The quantitative estimate of drug-likeness (QED) is 0.625. The van der Waals surface area contributed by atoms with Gasteiger partial charge in [-0.3, -0.25) is 4.79 Å². The second-order valence-electron chi connectivity index (χ2n) is 3.44. The molecule has 0 saturated heterocycles. The van der Waals surface area contributed by atoms with Gasteiger partial charge in [0.2, 0.25) is 0 Å². The van der Waals surface area contributed by atoms with Crippen LogP contribution in [0.1, 0.15) is 25.7 Å². The predicted octanol–water partition coefficient (Wildman–Crippen LogP) is 0.371. The maximum absolute atomic E-state index is 10.3. The number of rotatable bonds is 4. The van der Waals surface area contributed by atoms with Crippen LogP contribution in [0.15, 0.2) is 0 Å². The van der Waals surface area contributed by atoms with Crippen molar-refractivity contribution < 1.29 is 15.0 Å². The molecule has 0 aromatic carbocycles. The molecule has 2 atom stereocenters. The number of carboxylic acid groups (broad SMARTS) is 1. The first-order chi connectivity index (χ1) is 5.61. The minimum atomic E-state index is -1.03. The Morgan fingerprint density at radius 1 is 1.54 bits per heavy atom. The van der Waals surface area contributed by atoms with E-state index in [4.69, 9.17) is 10.8 Å². The van der Waals surface area contributed by atoms with E-state index in [1.807, 2.05) is 0 Å². The molecule has 0 aromatic rings. The van der Waals surface area contributed by atoms with Crippen molar-refractivity contribution in [3.63, 3.8) is 0 Å². The van der Waals surface area contributed by atoms with Crippen LogP contribution in [0.4, 0.5) is 0 Å². The van der Waals surface area contributed by atoms with Crippen LogP contribution in [0.2, 0.25) is 0 Å². The first kappa shape index (κ1) is 12.7. The molecule has 0 aromatic heterocycles. The minimum absolute atomic E-state index is 0. The Balaban J connectivity index is 0.00000144. The lowest BCUT2D eigenvalue weighted by molar-refractivity contribution is -0.139. The first-order valence-electron chi connectivity index (χ1n) is 4.27. The summed E-state index contributed by atoms with van der Waals surface area (Å²) in [5.74, 6) is -0.747. The Morgan fingerprint density at radius 3 is 2.38 bits per heavy atom. The molecule has 1 rings (SSSR count). The summed E-state index contributed by atoms with van der Waals surface area (Å²) in [5, 5.41) is 17.9. The normalized spacial score (nSPS) is 21.1. The van der Waals surface area contributed by atoms with Gasteiger partial charge < -0.3 is 15.9 Å². The SMILES string of the molecule is Cl.NC(CC(O)C1CCC1)C(=O)O. The van der Waals surface area contributed by atoms with Gasteiger partial charge in [-0.25, -0.2) is 0 Å². The number of halogens is 1. The van der Waals surface area contributed by atoms with Crippen molar-refractivity contribution in [2.24, 2.45) is 11.7 Å². The highest BCUT2D eigenvalue weighted by Crippen LogP contribution is 2.31. The van der Waals surface area contributed by atoms with Crippen molar-refractivity contribution >= 4 is 18.4 Å². The van der Waals surface area contributed by atoms with E-state index in [0.29, 0.717) is 0 Å². The highest BCUT2D eigenvalue weighted by molar-refractivity contribution is 5.85. The molecule has 1 aliphatic rings. The smallest absolute Gasteiger partial charge is 0.320 e. The number of carboxylic acids is 1. The van der Waals surface area contributed by atoms with Gasteiger partial charge in [-0.05, 0) is 25.2 Å². The van der Waals surface area contributed by atoms with E-state index in [1.54, 1.807) is 0 Å². The molecule has 78 valence electrons. The summed E-state index contributed by atoms with van der Waals surface area (Å²) >= 11 is 0. The summed E-state index contributed by atoms with van der Waals surface area (Å²) in [6.07, 6.45) is 2.82. The van der Waals surface area contributed by atoms with Gasteiger partial charge in [-0.15, -0.1) is 12.4 Å². The zero-order valence-electron chi connectivity index (χ0n) is 7.35. The third-order valence-corrected chi connectivity index (χ3v) is 2.51. The standard InChI is InChI=1S/C8H15NO3.ClH/c9-6(8(11)12)4-7(10)5-2-1-3-5;/h5-7,10H,1-4,9H2,(H,11,12);1H. The second kappa shape index (κ2) is 5.42. The lowest BCUT2D eigenvalue weighted by Gasteiger charge is -2.30. The fraction of sp³-hybridized carbons (Fsp3) is 0.875. The maximum Gasteiger partial charge on any atom is 0.320 e. The van der Waals surface area contributed by atoms with Crippen LogP contribution >= 0.6 is 12.4 Å². The summed E-state index contributed by atoms with van der Waals surface area (Å²) < 4.78 is 0. The van der Waals surface area contributed by atoms with Gasteiger partial charge in [0.1, 0.15) is 6.04 Å². The molecule has 0 radical (unpaired) electrons. The molecule has 1 saturated carbocycles. The van der Waals surface area contributed by atoms with E-state index in [-0.39, 0.29) is 24.7 Å². The third-order valence-electron chi connectivity index (χ3n) is 2.51. The van der Waals surface area contributed by atoms with E-state index in [2.05, 4.69) is 0 Å². The monoisotopic (exact) mass is 209 g/mol. The average molecular weight is 210 g/mol. The van der Waals surface area contributed by atoms with Crippen LogP contribution in [0.3, 0.4) is 0 Å². The van der Waals surface area contributed by atoms with E-state index < -0.39 is 18.1 Å². The van der Waals surface area contributed by atoms with Crippen molar-refractivity contribution in [3.05, 3.63) is 0 Å². The van der Waals surface area contributed by atoms with Crippen molar-refractivity contribution in [3.8, 4) is 0 Å². The first-order valence-corrected chi connectivity index (χ1v) is 4.27. The summed E-state index contributed by atoms with van der Waals surface area (Å²) in [6, 6.07) is -0.916. The molecule has 1 fully saturated rings. The average Bonchev–Trinajstić information content (AvgIpc) is 1.82. The van der Waals surface area contributed by atoms with E-state index in [1.165, 1.54) is 0 Å². The second-order valence-corrected chi connectivity index (χ2v) is 3.44. The number of carbonyl (C=O) groups is 1. The fourth-order valence-corrected chi connectivity index (χ4v) is 1.38. The molecule has 1 aliphatic carbocycles. The van der Waals surface area contributed by atoms with Gasteiger partial charge >= 0.3 is 5.97 Å². The number of nitrogens with two attached hydrogens (primary N) is 1. The van der Waals surface area contributed by atoms with Crippen molar-refractivity contribution in [1.82, 2.24) is 0 Å². The molecule has 4 N–H and O–H groups in total. The highest BCUT2D eigenvalue weighted by atomic mass is 35.5. The topological polar surface area (TPSA) is 83.5 Å². The van der Waals surface area contributed by atoms with Crippen LogP contribution in [0.5, 0.6) is 0 Å². The van der Waals surface area contributed by atoms with Crippen LogP contribution < -0.4 is 5.73 Å². The van der Waals surface area contributed by atoms with E-state index >= 15 is 0 Å². The van der Waals surface area contributed by atoms with Gasteiger partial charge in [0, 0.05) is 0 Å². The van der Waals surface area contributed by atoms with Crippen LogP contribution in [-0.4, -0.2) is 28.3 Å². The highest BCUT2D eigenvalue weighted by Gasteiger charge is 2.28. The molecule has 0 aliphatic heterocycles. The Kier molecular flexibility index (Phi) is 5.29. The zero-order chi connectivity index (χ0) is 9.14. The molecule has 2 unspecified atom stereocenters. The maximum atomic E-state index is 10.3. The Labute approximate surface area is 83.5 Å². The van der Waals surface area contributed by atoms with Crippen LogP contribution in [-0.2, 0) is 4.79 Å². The number of hydrogen-bond donors (Lipinski definition) is 3. The summed E-state index contributed by atoms with van der Waals surface area (Å²) in [5.41, 5.74) is 5.27. The van der Waals surface area contributed by atoms with Crippen molar-refractivity contribution in [2.45, 2.75) is 37.8 Å². The van der Waals surface area contributed by atoms with Crippen molar-refractivity contribution in [1.29, 1.82) is 0 Å².